The highest BCUT2D eigenvalue weighted by molar-refractivity contribution is 6.00. The molecule has 19 heavy (non-hydrogen) atoms. The first-order valence-electron chi connectivity index (χ1n) is 5.69. The molecule has 2 aromatic rings. The summed E-state index contributed by atoms with van der Waals surface area (Å²) in [6.45, 7) is 0.238. The summed E-state index contributed by atoms with van der Waals surface area (Å²) in [5.74, 6) is 1.57. The number of carbonyl (C=O) groups excluding carboxylic acids is 1. The smallest absolute Gasteiger partial charge is 0.250 e. The zero-order valence-corrected chi connectivity index (χ0v) is 9.92. The molecule has 1 amide bonds. The second-order valence-electron chi connectivity index (χ2n) is 3.87. The number of rotatable bonds is 3. The number of hydrogen-bond acceptors (Lipinski definition) is 4. The number of nitrogens with zero attached hydrogens (tertiary/aromatic N) is 1. The number of fused-ring (bicyclic) bond motifs is 1. The molecular formula is C13H11N3O3. The molecule has 2 heterocycles. The van der Waals surface area contributed by atoms with Gasteiger partial charge in [-0.2, -0.15) is 0 Å². The van der Waals surface area contributed by atoms with E-state index in [0.717, 1.165) is 11.3 Å². The molecule has 0 bridgehead atoms. The predicted octanol–water partition coefficient (Wildman–Crippen LogP) is 1.79. The highest BCUT2D eigenvalue weighted by Crippen LogP contribution is 2.32. The van der Waals surface area contributed by atoms with Crippen LogP contribution in [-0.4, -0.2) is 22.7 Å². The molecular weight excluding hydrogens is 246 g/mol. The molecule has 2 N–H and O–H groups in total. The first-order valence-corrected chi connectivity index (χ1v) is 5.69. The summed E-state index contributed by atoms with van der Waals surface area (Å²) >= 11 is 0. The third-order valence-corrected chi connectivity index (χ3v) is 2.56. The molecule has 96 valence electrons. The molecule has 0 unspecified atom stereocenters. The Morgan fingerprint density at radius 2 is 2.26 bits per heavy atom. The van der Waals surface area contributed by atoms with Crippen LogP contribution in [0.4, 0.5) is 5.95 Å². The lowest BCUT2D eigenvalue weighted by atomic mass is 10.2. The second-order valence-corrected chi connectivity index (χ2v) is 3.87. The van der Waals surface area contributed by atoms with Gasteiger partial charge in [0.2, 0.25) is 12.7 Å². The number of imidazole rings is 1. The summed E-state index contributed by atoms with van der Waals surface area (Å²) in [4.78, 5) is 18.3. The molecule has 1 aliphatic rings. The summed E-state index contributed by atoms with van der Waals surface area (Å²) in [6, 6.07) is 5.48. The number of amides is 1. The molecule has 0 aliphatic carbocycles. The van der Waals surface area contributed by atoms with Crippen molar-refractivity contribution in [3.8, 4) is 11.5 Å². The Morgan fingerprint density at radius 3 is 3.11 bits per heavy atom. The van der Waals surface area contributed by atoms with Crippen molar-refractivity contribution in [1.82, 2.24) is 9.97 Å². The van der Waals surface area contributed by atoms with E-state index < -0.39 is 0 Å². The minimum atomic E-state index is -0.257. The first-order chi connectivity index (χ1) is 9.31. The fourth-order valence-corrected chi connectivity index (χ4v) is 1.68. The maximum Gasteiger partial charge on any atom is 0.250 e. The summed E-state index contributed by atoms with van der Waals surface area (Å²) in [5.41, 5.74) is 0.860. The third kappa shape index (κ3) is 2.57. The van der Waals surface area contributed by atoms with Crippen LogP contribution in [0.15, 0.2) is 36.7 Å². The Morgan fingerprint density at radius 1 is 1.37 bits per heavy atom. The molecule has 1 aromatic heterocycles. The molecule has 6 nitrogen and oxygen atoms in total. The van der Waals surface area contributed by atoms with E-state index in [1.165, 1.54) is 6.08 Å². The van der Waals surface area contributed by atoms with E-state index in [4.69, 9.17) is 9.47 Å². The fraction of sp³-hybridized carbons (Fsp3) is 0.0769. The van der Waals surface area contributed by atoms with Crippen LogP contribution in [0.1, 0.15) is 5.56 Å². The topological polar surface area (TPSA) is 76.2 Å². The monoisotopic (exact) mass is 257 g/mol. The van der Waals surface area contributed by atoms with Crippen LogP contribution >= 0.6 is 0 Å². The first kappa shape index (κ1) is 11.3. The summed E-state index contributed by atoms with van der Waals surface area (Å²) < 4.78 is 10.5. The van der Waals surface area contributed by atoms with Crippen LogP contribution in [0.25, 0.3) is 6.08 Å². The Kier molecular flexibility index (Phi) is 2.89. The Hall–Kier alpha value is -2.76. The van der Waals surface area contributed by atoms with Gasteiger partial charge in [-0.25, -0.2) is 4.98 Å². The maximum atomic E-state index is 11.6. The molecule has 0 atom stereocenters. The van der Waals surface area contributed by atoms with E-state index in [9.17, 15) is 4.79 Å². The lowest BCUT2D eigenvalue weighted by molar-refractivity contribution is -0.111. The maximum absolute atomic E-state index is 11.6. The van der Waals surface area contributed by atoms with Crippen molar-refractivity contribution >= 4 is 17.9 Å². The summed E-state index contributed by atoms with van der Waals surface area (Å²) in [5, 5.41) is 2.60. The van der Waals surface area contributed by atoms with Crippen molar-refractivity contribution in [2.75, 3.05) is 12.1 Å². The number of anilines is 1. The minimum absolute atomic E-state index is 0.238. The molecule has 1 aliphatic heterocycles. The van der Waals surface area contributed by atoms with E-state index in [2.05, 4.69) is 15.3 Å². The summed E-state index contributed by atoms with van der Waals surface area (Å²) in [7, 11) is 0. The predicted molar refractivity (Wildman–Crippen MR) is 68.8 cm³/mol. The van der Waals surface area contributed by atoms with Gasteiger partial charge in [0.25, 0.3) is 5.91 Å². The van der Waals surface area contributed by atoms with E-state index in [1.807, 2.05) is 18.2 Å². The van der Waals surface area contributed by atoms with Gasteiger partial charge in [0.15, 0.2) is 11.5 Å². The highest BCUT2D eigenvalue weighted by Gasteiger charge is 2.12. The number of hydrogen-bond donors (Lipinski definition) is 2. The van der Waals surface area contributed by atoms with Crippen LogP contribution in [0.3, 0.4) is 0 Å². The number of aromatic nitrogens is 2. The molecule has 0 radical (unpaired) electrons. The fourth-order valence-electron chi connectivity index (χ4n) is 1.68. The van der Waals surface area contributed by atoms with E-state index >= 15 is 0 Å². The van der Waals surface area contributed by atoms with Crippen LogP contribution < -0.4 is 14.8 Å². The zero-order chi connectivity index (χ0) is 13.1. The standard InChI is InChI=1S/C13H11N3O3/c17-12(16-13-14-5-6-15-13)4-2-9-1-3-10-11(7-9)19-8-18-10/h1-7H,8H2,(H2,14,15,16,17). The van der Waals surface area contributed by atoms with Crippen molar-refractivity contribution in [2.45, 2.75) is 0 Å². The van der Waals surface area contributed by atoms with E-state index in [1.54, 1.807) is 18.5 Å². The van der Waals surface area contributed by atoms with Crippen LogP contribution in [0.5, 0.6) is 11.5 Å². The van der Waals surface area contributed by atoms with Crippen molar-refractivity contribution in [2.24, 2.45) is 0 Å². The molecule has 6 heteroatoms. The van der Waals surface area contributed by atoms with Gasteiger partial charge in [-0.05, 0) is 23.8 Å². The van der Waals surface area contributed by atoms with Gasteiger partial charge in [-0.1, -0.05) is 6.07 Å². The average molecular weight is 257 g/mol. The number of nitrogens with one attached hydrogen (secondary N) is 2. The molecule has 0 saturated heterocycles. The van der Waals surface area contributed by atoms with Crippen LogP contribution in [0, 0.1) is 0 Å². The van der Waals surface area contributed by atoms with E-state index in [0.29, 0.717) is 11.7 Å². The lowest BCUT2D eigenvalue weighted by Gasteiger charge is -1.98. The second kappa shape index (κ2) is 4.85. The van der Waals surface area contributed by atoms with Crippen molar-refractivity contribution in [3.63, 3.8) is 0 Å². The minimum Gasteiger partial charge on any atom is -0.454 e. The molecule has 1 aromatic carbocycles. The summed E-state index contributed by atoms with van der Waals surface area (Å²) in [6.07, 6.45) is 6.33. The Labute approximate surface area is 109 Å². The third-order valence-electron chi connectivity index (χ3n) is 2.56. The Balaban J connectivity index is 1.67. The van der Waals surface area contributed by atoms with Crippen molar-refractivity contribution < 1.29 is 14.3 Å². The van der Waals surface area contributed by atoms with Gasteiger partial charge in [0.05, 0.1) is 0 Å². The molecule has 0 spiro atoms. The molecule has 3 rings (SSSR count). The van der Waals surface area contributed by atoms with Gasteiger partial charge in [0, 0.05) is 18.5 Å². The van der Waals surface area contributed by atoms with Crippen molar-refractivity contribution in [3.05, 3.63) is 42.2 Å². The molecule has 0 fully saturated rings. The van der Waals surface area contributed by atoms with Crippen LogP contribution in [-0.2, 0) is 4.79 Å². The van der Waals surface area contributed by atoms with E-state index in [-0.39, 0.29) is 12.7 Å². The van der Waals surface area contributed by atoms with Crippen LogP contribution in [0.2, 0.25) is 0 Å². The SMILES string of the molecule is O=C(C=Cc1ccc2c(c1)OCO2)Nc1ncc[nH]1. The van der Waals surface area contributed by atoms with Gasteiger partial charge < -0.3 is 14.5 Å². The Bertz CT molecular complexity index is 620. The molecule has 0 saturated carbocycles. The highest BCUT2D eigenvalue weighted by atomic mass is 16.7. The van der Waals surface area contributed by atoms with Gasteiger partial charge in [-0.3, -0.25) is 10.1 Å². The average Bonchev–Trinajstić information content (AvgIpc) is 3.06. The van der Waals surface area contributed by atoms with Gasteiger partial charge in [0.1, 0.15) is 0 Å². The number of aromatic amines is 1. The quantitative estimate of drug-likeness (QED) is 0.822. The number of H-pyrrole nitrogens is 1. The number of carbonyl (C=O) groups is 1. The normalized spacial score (nSPS) is 12.8. The van der Waals surface area contributed by atoms with Gasteiger partial charge in [-0.15, -0.1) is 0 Å². The van der Waals surface area contributed by atoms with Crippen molar-refractivity contribution in [1.29, 1.82) is 0 Å². The number of benzene rings is 1. The largest absolute Gasteiger partial charge is 0.454 e. The lowest BCUT2D eigenvalue weighted by Crippen LogP contribution is -2.08. The van der Waals surface area contributed by atoms with Gasteiger partial charge >= 0.3 is 0 Å². The number of ether oxygens (including phenoxy) is 2. The zero-order valence-electron chi connectivity index (χ0n) is 9.92.